The first kappa shape index (κ1) is 22.1. The standard InChI is InChI=1S/C26H24ClN5O2/c1-16-9-17(2)32(31-16)15-18-3-5-19(6-4-18)26(33)30-13-22-11-20-10-21(27)12-23(25(20)34-22)24-14-28-7-8-29-24/h3-10,12,14,22H,11,13,15H2,1-2H3,(H,30,33)/t22-/m1/s1. The Bertz CT molecular complexity index is 1340. The van der Waals surface area contributed by atoms with E-state index < -0.39 is 0 Å². The number of nitrogens with one attached hydrogen (secondary N) is 1. The molecule has 3 heterocycles. The molecule has 4 aromatic rings. The zero-order valence-corrected chi connectivity index (χ0v) is 19.7. The number of fused-ring (bicyclic) bond motifs is 1. The van der Waals surface area contributed by atoms with Crippen LogP contribution in [0, 0.1) is 13.8 Å². The summed E-state index contributed by atoms with van der Waals surface area (Å²) in [7, 11) is 0. The van der Waals surface area contributed by atoms with Gasteiger partial charge >= 0.3 is 0 Å². The van der Waals surface area contributed by atoms with E-state index in [2.05, 4.69) is 26.4 Å². The maximum atomic E-state index is 12.7. The van der Waals surface area contributed by atoms with Crippen molar-refractivity contribution in [1.29, 1.82) is 0 Å². The lowest BCUT2D eigenvalue weighted by Crippen LogP contribution is -2.34. The van der Waals surface area contributed by atoms with E-state index in [9.17, 15) is 4.79 Å². The van der Waals surface area contributed by atoms with E-state index in [0.29, 0.717) is 35.8 Å². The number of amides is 1. The highest BCUT2D eigenvalue weighted by Gasteiger charge is 2.27. The highest BCUT2D eigenvalue weighted by Crippen LogP contribution is 2.40. The SMILES string of the molecule is Cc1cc(C)n(Cc2ccc(C(=O)NC[C@H]3Cc4cc(Cl)cc(-c5cnccn5)c4O3)cc2)n1. The maximum absolute atomic E-state index is 12.7. The lowest BCUT2D eigenvalue weighted by atomic mass is 10.0. The van der Waals surface area contributed by atoms with Crippen molar-refractivity contribution < 1.29 is 9.53 Å². The van der Waals surface area contributed by atoms with Crippen LogP contribution >= 0.6 is 11.6 Å². The Balaban J connectivity index is 1.21. The summed E-state index contributed by atoms with van der Waals surface area (Å²) in [6, 6.07) is 13.4. The number of aromatic nitrogens is 4. The van der Waals surface area contributed by atoms with Crippen LogP contribution in [0.15, 0.2) is 61.1 Å². The van der Waals surface area contributed by atoms with Crippen molar-refractivity contribution in [2.24, 2.45) is 0 Å². The van der Waals surface area contributed by atoms with Crippen molar-refractivity contribution in [2.45, 2.75) is 32.9 Å². The lowest BCUT2D eigenvalue weighted by molar-refractivity contribution is 0.0933. The summed E-state index contributed by atoms with van der Waals surface area (Å²) < 4.78 is 8.14. The van der Waals surface area contributed by atoms with Crippen molar-refractivity contribution in [1.82, 2.24) is 25.1 Å². The molecule has 5 rings (SSSR count). The number of hydrogen-bond donors (Lipinski definition) is 1. The fourth-order valence-electron chi connectivity index (χ4n) is 4.21. The zero-order chi connectivity index (χ0) is 23.7. The van der Waals surface area contributed by atoms with Crippen LogP contribution in [0.1, 0.15) is 32.9 Å². The molecule has 7 nitrogen and oxygen atoms in total. The second-order valence-corrected chi connectivity index (χ2v) is 8.90. The zero-order valence-electron chi connectivity index (χ0n) is 19.0. The quantitative estimate of drug-likeness (QED) is 0.449. The van der Waals surface area contributed by atoms with Gasteiger partial charge in [-0.1, -0.05) is 23.7 Å². The summed E-state index contributed by atoms with van der Waals surface area (Å²) in [6.45, 7) is 5.08. The lowest BCUT2D eigenvalue weighted by Gasteiger charge is -2.14. The minimum Gasteiger partial charge on any atom is -0.487 e. The molecule has 1 N–H and O–H groups in total. The highest BCUT2D eigenvalue weighted by atomic mass is 35.5. The van der Waals surface area contributed by atoms with Crippen LogP contribution in [-0.4, -0.2) is 38.3 Å². The van der Waals surface area contributed by atoms with Crippen LogP contribution in [0.25, 0.3) is 11.3 Å². The largest absolute Gasteiger partial charge is 0.487 e. The van der Waals surface area contributed by atoms with Gasteiger partial charge < -0.3 is 10.1 Å². The van der Waals surface area contributed by atoms with Gasteiger partial charge in [-0.15, -0.1) is 0 Å². The predicted octanol–water partition coefficient (Wildman–Crippen LogP) is 4.39. The van der Waals surface area contributed by atoms with E-state index in [1.165, 1.54) is 0 Å². The minimum absolute atomic E-state index is 0.135. The average Bonchev–Trinajstić information content (AvgIpc) is 3.39. The molecular formula is C26H24ClN5O2. The summed E-state index contributed by atoms with van der Waals surface area (Å²) in [5.41, 5.74) is 6.31. The molecule has 34 heavy (non-hydrogen) atoms. The topological polar surface area (TPSA) is 81.9 Å². The molecule has 0 fully saturated rings. The molecule has 1 aliphatic rings. The van der Waals surface area contributed by atoms with Crippen molar-refractivity contribution in [3.63, 3.8) is 0 Å². The molecule has 1 atom stereocenters. The van der Waals surface area contributed by atoms with Crippen molar-refractivity contribution >= 4 is 17.5 Å². The van der Waals surface area contributed by atoms with E-state index in [-0.39, 0.29) is 12.0 Å². The van der Waals surface area contributed by atoms with E-state index in [4.69, 9.17) is 16.3 Å². The van der Waals surface area contributed by atoms with Gasteiger partial charge in [0.1, 0.15) is 11.9 Å². The molecule has 8 heteroatoms. The van der Waals surface area contributed by atoms with Gasteiger partial charge in [0, 0.05) is 46.2 Å². The summed E-state index contributed by atoms with van der Waals surface area (Å²) >= 11 is 6.33. The Labute approximate surface area is 202 Å². The van der Waals surface area contributed by atoms with E-state index in [1.807, 2.05) is 54.9 Å². The third kappa shape index (κ3) is 4.65. The second kappa shape index (κ2) is 9.27. The van der Waals surface area contributed by atoms with Crippen LogP contribution in [0.4, 0.5) is 0 Å². The number of carbonyl (C=O) groups excluding carboxylic acids is 1. The second-order valence-electron chi connectivity index (χ2n) is 8.47. The Morgan fingerprint density at radius 3 is 2.71 bits per heavy atom. The molecule has 0 saturated heterocycles. The van der Waals surface area contributed by atoms with Crippen LogP contribution in [0.2, 0.25) is 5.02 Å². The summed E-state index contributed by atoms with van der Waals surface area (Å²) in [5.74, 6) is 0.613. The fraction of sp³-hybridized carbons (Fsp3) is 0.231. The number of carbonyl (C=O) groups is 1. The molecular weight excluding hydrogens is 450 g/mol. The van der Waals surface area contributed by atoms with Gasteiger partial charge in [0.15, 0.2) is 0 Å². The summed E-state index contributed by atoms with van der Waals surface area (Å²) in [4.78, 5) is 21.2. The normalized spacial score (nSPS) is 14.5. The van der Waals surface area contributed by atoms with E-state index in [0.717, 1.165) is 33.8 Å². The monoisotopic (exact) mass is 473 g/mol. The third-order valence-electron chi connectivity index (χ3n) is 5.84. The number of halogens is 1. The van der Waals surface area contributed by atoms with Gasteiger partial charge in [-0.3, -0.25) is 19.4 Å². The number of hydrogen-bond acceptors (Lipinski definition) is 5. The first-order chi connectivity index (χ1) is 16.5. The van der Waals surface area contributed by atoms with E-state index in [1.54, 1.807) is 18.6 Å². The van der Waals surface area contributed by atoms with Crippen LogP contribution in [0.5, 0.6) is 5.75 Å². The van der Waals surface area contributed by atoms with Gasteiger partial charge in [0.25, 0.3) is 5.91 Å². The van der Waals surface area contributed by atoms with Gasteiger partial charge in [-0.05, 0) is 49.7 Å². The molecule has 0 saturated carbocycles. The van der Waals surface area contributed by atoms with Crippen molar-refractivity contribution in [2.75, 3.05) is 6.54 Å². The minimum atomic E-state index is -0.182. The Hall–Kier alpha value is -3.71. The molecule has 1 amide bonds. The Kier molecular flexibility index (Phi) is 6.02. The van der Waals surface area contributed by atoms with Crippen LogP contribution < -0.4 is 10.1 Å². The molecule has 0 unspecified atom stereocenters. The van der Waals surface area contributed by atoms with Gasteiger partial charge in [-0.25, -0.2) is 0 Å². The number of aryl methyl sites for hydroxylation is 2. The summed E-state index contributed by atoms with van der Waals surface area (Å²) in [6.07, 6.45) is 5.42. The molecule has 0 aliphatic carbocycles. The Morgan fingerprint density at radius 1 is 1.18 bits per heavy atom. The van der Waals surface area contributed by atoms with Gasteiger partial charge in [-0.2, -0.15) is 5.10 Å². The molecule has 0 bridgehead atoms. The molecule has 172 valence electrons. The number of ether oxygens (including phenoxy) is 1. The molecule has 1 aliphatic heterocycles. The van der Waals surface area contributed by atoms with Crippen LogP contribution in [-0.2, 0) is 13.0 Å². The smallest absolute Gasteiger partial charge is 0.251 e. The summed E-state index contributed by atoms with van der Waals surface area (Å²) in [5, 5.41) is 8.10. The number of rotatable bonds is 6. The third-order valence-corrected chi connectivity index (χ3v) is 6.06. The van der Waals surface area contributed by atoms with Gasteiger partial charge in [0.2, 0.25) is 0 Å². The average molecular weight is 474 g/mol. The number of benzene rings is 2. The number of nitrogens with zero attached hydrogens (tertiary/aromatic N) is 4. The molecule has 2 aromatic carbocycles. The van der Waals surface area contributed by atoms with Crippen LogP contribution in [0.3, 0.4) is 0 Å². The highest BCUT2D eigenvalue weighted by molar-refractivity contribution is 6.31. The van der Waals surface area contributed by atoms with E-state index >= 15 is 0 Å². The molecule has 2 aromatic heterocycles. The fourth-order valence-corrected chi connectivity index (χ4v) is 4.46. The molecule has 0 spiro atoms. The Morgan fingerprint density at radius 2 is 2.00 bits per heavy atom. The molecule has 0 radical (unpaired) electrons. The first-order valence-electron chi connectivity index (χ1n) is 11.1. The van der Waals surface area contributed by atoms with Crippen molar-refractivity contribution in [3.8, 4) is 17.0 Å². The van der Waals surface area contributed by atoms with Crippen molar-refractivity contribution in [3.05, 3.63) is 94.2 Å². The maximum Gasteiger partial charge on any atom is 0.251 e. The predicted molar refractivity (Wildman–Crippen MR) is 130 cm³/mol. The first-order valence-corrected chi connectivity index (χ1v) is 11.5. The van der Waals surface area contributed by atoms with Gasteiger partial charge in [0.05, 0.1) is 30.7 Å².